The maximum absolute atomic E-state index is 9.21. The van der Waals surface area contributed by atoms with Gasteiger partial charge in [0.05, 0.1) is 12.0 Å². The molecule has 0 aromatic heterocycles. The molecular formula is C15H19BrN2. The van der Waals surface area contributed by atoms with Crippen molar-refractivity contribution in [2.45, 2.75) is 45.1 Å². The van der Waals surface area contributed by atoms with Crippen molar-refractivity contribution in [2.24, 2.45) is 5.92 Å². The van der Waals surface area contributed by atoms with Crippen LogP contribution in [0.15, 0.2) is 22.7 Å². The highest BCUT2D eigenvalue weighted by atomic mass is 79.9. The number of rotatable bonds is 3. The molecule has 1 saturated carbocycles. The third kappa shape index (κ3) is 3.05. The molecule has 2 nitrogen and oxygen atoms in total. The van der Waals surface area contributed by atoms with Crippen LogP contribution in [0.25, 0.3) is 0 Å². The van der Waals surface area contributed by atoms with E-state index in [2.05, 4.69) is 52.4 Å². The van der Waals surface area contributed by atoms with Gasteiger partial charge in [0.25, 0.3) is 0 Å². The Labute approximate surface area is 118 Å². The molecule has 0 amide bonds. The molecule has 0 radical (unpaired) electrons. The summed E-state index contributed by atoms with van der Waals surface area (Å²) in [7, 11) is 0. The number of benzene rings is 1. The van der Waals surface area contributed by atoms with Crippen molar-refractivity contribution in [1.29, 1.82) is 5.26 Å². The van der Waals surface area contributed by atoms with E-state index in [0.29, 0.717) is 6.04 Å². The van der Waals surface area contributed by atoms with Gasteiger partial charge in [0.15, 0.2) is 0 Å². The van der Waals surface area contributed by atoms with E-state index in [0.717, 1.165) is 23.7 Å². The van der Waals surface area contributed by atoms with Gasteiger partial charge < -0.3 is 5.32 Å². The van der Waals surface area contributed by atoms with Gasteiger partial charge in [0.1, 0.15) is 0 Å². The zero-order chi connectivity index (χ0) is 13.0. The minimum atomic E-state index is 0.159. The molecule has 18 heavy (non-hydrogen) atoms. The largest absolute Gasteiger partial charge is 0.381 e. The molecule has 2 atom stereocenters. The van der Waals surface area contributed by atoms with Gasteiger partial charge in [-0.25, -0.2) is 0 Å². The molecule has 96 valence electrons. The van der Waals surface area contributed by atoms with Crippen molar-refractivity contribution >= 4 is 21.6 Å². The van der Waals surface area contributed by atoms with Crippen LogP contribution in [0.1, 0.15) is 38.2 Å². The van der Waals surface area contributed by atoms with Gasteiger partial charge in [0, 0.05) is 16.2 Å². The quantitative estimate of drug-likeness (QED) is 0.892. The molecule has 0 saturated heterocycles. The van der Waals surface area contributed by atoms with Crippen molar-refractivity contribution in [1.82, 2.24) is 0 Å². The van der Waals surface area contributed by atoms with Crippen molar-refractivity contribution < 1.29 is 0 Å². The molecule has 0 spiro atoms. The SMILES string of the molecule is CCc1cc(Br)ccc1NC1CCCCC1C#N. The van der Waals surface area contributed by atoms with Crippen LogP contribution < -0.4 is 5.32 Å². The van der Waals surface area contributed by atoms with Gasteiger partial charge in [-0.1, -0.05) is 35.7 Å². The molecule has 1 aromatic rings. The first-order valence-electron chi connectivity index (χ1n) is 6.69. The summed E-state index contributed by atoms with van der Waals surface area (Å²) < 4.78 is 1.12. The van der Waals surface area contributed by atoms with Gasteiger partial charge in [-0.15, -0.1) is 0 Å². The summed E-state index contributed by atoms with van der Waals surface area (Å²) in [5.74, 6) is 0.159. The molecule has 0 bridgehead atoms. The zero-order valence-corrected chi connectivity index (χ0v) is 12.3. The fourth-order valence-electron chi connectivity index (χ4n) is 2.65. The summed E-state index contributed by atoms with van der Waals surface area (Å²) >= 11 is 3.51. The first-order valence-corrected chi connectivity index (χ1v) is 7.48. The lowest BCUT2D eigenvalue weighted by Gasteiger charge is -2.29. The Morgan fingerprint density at radius 2 is 2.17 bits per heavy atom. The Morgan fingerprint density at radius 1 is 1.39 bits per heavy atom. The second-order valence-electron chi connectivity index (χ2n) is 4.93. The highest BCUT2D eigenvalue weighted by Gasteiger charge is 2.25. The van der Waals surface area contributed by atoms with Gasteiger partial charge in [-0.3, -0.25) is 0 Å². The Balaban J connectivity index is 2.15. The zero-order valence-electron chi connectivity index (χ0n) is 10.7. The highest BCUT2D eigenvalue weighted by Crippen LogP contribution is 2.29. The molecule has 2 unspecified atom stereocenters. The molecule has 1 aromatic carbocycles. The molecule has 0 aliphatic heterocycles. The van der Waals surface area contributed by atoms with E-state index in [-0.39, 0.29) is 5.92 Å². The Kier molecular flexibility index (Phi) is 4.66. The monoisotopic (exact) mass is 306 g/mol. The molecule has 1 aliphatic carbocycles. The topological polar surface area (TPSA) is 35.8 Å². The molecule has 0 heterocycles. The van der Waals surface area contributed by atoms with Crippen LogP contribution in [-0.2, 0) is 6.42 Å². The highest BCUT2D eigenvalue weighted by molar-refractivity contribution is 9.10. The minimum Gasteiger partial charge on any atom is -0.381 e. The van der Waals surface area contributed by atoms with E-state index in [1.54, 1.807) is 0 Å². The average Bonchev–Trinajstić information content (AvgIpc) is 2.41. The normalized spacial score (nSPS) is 23.4. The third-order valence-corrected chi connectivity index (χ3v) is 4.21. The number of nitriles is 1. The van der Waals surface area contributed by atoms with E-state index in [4.69, 9.17) is 0 Å². The maximum Gasteiger partial charge on any atom is 0.0677 e. The molecule has 1 fully saturated rings. The van der Waals surface area contributed by atoms with Crippen molar-refractivity contribution in [3.63, 3.8) is 0 Å². The predicted molar refractivity (Wildman–Crippen MR) is 78.5 cm³/mol. The van der Waals surface area contributed by atoms with E-state index in [1.807, 2.05) is 0 Å². The van der Waals surface area contributed by atoms with Crippen LogP contribution in [0, 0.1) is 17.2 Å². The van der Waals surface area contributed by atoms with Gasteiger partial charge in [-0.2, -0.15) is 5.26 Å². The van der Waals surface area contributed by atoms with Gasteiger partial charge in [0.2, 0.25) is 0 Å². The summed E-state index contributed by atoms with van der Waals surface area (Å²) in [6.45, 7) is 2.16. The molecule has 1 aliphatic rings. The van der Waals surface area contributed by atoms with Crippen LogP contribution in [0.2, 0.25) is 0 Å². The standard InChI is InChI=1S/C15H19BrN2/c1-2-11-9-13(16)7-8-15(11)18-14-6-4-3-5-12(14)10-17/h7-9,12,14,18H,2-6H2,1H3. The Bertz CT molecular complexity index is 450. The van der Waals surface area contributed by atoms with Crippen molar-refractivity contribution in [2.75, 3.05) is 5.32 Å². The Hall–Kier alpha value is -1.01. The Morgan fingerprint density at radius 3 is 2.89 bits per heavy atom. The number of aryl methyl sites for hydroxylation is 1. The van der Waals surface area contributed by atoms with E-state index >= 15 is 0 Å². The number of anilines is 1. The number of nitrogens with one attached hydrogen (secondary N) is 1. The van der Waals surface area contributed by atoms with Crippen molar-refractivity contribution in [3.05, 3.63) is 28.2 Å². The lowest BCUT2D eigenvalue weighted by Crippen LogP contribution is -2.31. The molecule has 3 heteroatoms. The lowest BCUT2D eigenvalue weighted by molar-refractivity contribution is 0.388. The first kappa shape index (κ1) is 13.4. The summed E-state index contributed by atoms with van der Waals surface area (Å²) in [5.41, 5.74) is 2.50. The summed E-state index contributed by atoms with van der Waals surface area (Å²) in [4.78, 5) is 0. The van der Waals surface area contributed by atoms with E-state index in [9.17, 15) is 5.26 Å². The number of hydrogen-bond donors (Lipinski definition) is 1. The van der Waals surface area contributed by atoms with Gasteiger partial charge in [-0.05, 0) is 43.0 Å². The predicted octanol–water partition coefficient (Wildman–Crippen LogP) is 4.51. The fourth-order valence-corrected chi connectivity index (χ4v) is 3.06. The molecular weight excluding hydrogens is 288 g/mol. The number of nitrogens with zero attached hydrogens (tertiary/aromatic N) is 1. The average molecular weight is 307 g/mol. The van der Waals surface area contributed by atoms with Crippen LogP contribution in [-0.4, -0.2) is 6.04 Å². The van der Waals surface area contributed by atoms with Crippen LogP contribution in [0.3, 0.4) is 0 Å². The summed E-state index contributed by atoms with van der Waals surface area (Å²) in [5, 5.41) is 12.8. The minimum absolute atomic E-state index is 0.159. The second kappa shape index (κ2) is 6.24. The van der Waals surface area contributed by atoms with Gasteiger partial charge >= 0.3 is 0 Å². The fraction of sp³-hybridized carbons (Fsp3) is 0.533. The van der Waals surface area contributed by atoms with E-state index in [1.165, 1.54) is 24.1 Å². The smallest absolute Gasteiger partial charge is 0.0677 e. The van der Waals surface area contributed by atoms with Crippen LogP contribution >= 0.6 is 15.9 Å². The molecule has 1 N–H and O–H groups in total. The van der Waals surface area contributed by atoms with Crippen molar-refractivity contribution in [3.8, 4) is 6.07 Å². The number of halogens is 1. The van der Waals surface area contributed by atoms with Crippen LogP contribution in [0.5, 0.6) is 0 Å². The summed E-state index contributed by atoms with van der Waals surface area (Å²) in [6, 6.07) is 9.10. The van der Waals surface area contributed by atoms with E-state index < -0.39 is 0 Å². The second-order valence-corrected chi connectivity index (χ2v) is 5.84. The molecule has 2 rings (SSSR count). The lowest BCUT2D eigenvalue weighted by atomic mass is 9.85. The first-order chi connectivity index (χ1) is 8.74. The maximum atomic E-state index is 9.21. The third-order valence-electron chi connectivity index (χ3n) is 3.72. The number of hydrogen-bond acceptors (Lipinski definition) is 2. The van der Waals surface area contributed by atoms with Crippen LogP contribution in [0.4, 0.5) is 5.69 Å². The summed E-state index contributed by atoms with van der Waals surface area (Å²) in [6.07, 6.45) is 5.57.